The van der Waals surface area contributed by atoms with Gasteiger partial charge in [0.1, 0.15) is 13.2 Å². The van der Waals surface area contributed by atoms with Gasteiger partial charge >= 0.3 is 17.9 Å². The molecule has 0 aliphatic carbocycles. The van der Waals surface area contributed by atoms with Crippen LogP contribution in [0, 0.1) is 0 Å². The van der Waals surface area contributed by atoms with Crippen molar-refractivity contribution in [2.24, 2.45) is 0 Å². The van der Waals surface area contributed by atoms with Gasteiger partial charge in [0.15, 0.2) is 6.10 Å². The topological polar surface area (TPSA) is 78.9 Å². The Balaban J connectivity index is 4.24. The molecule has 0 heterocycles. The van der Waals surface area contributed by atoms with Gasteiger partial charge in [0.05, 0.1) is 0 Å². The Bertz CT molecular complexity index is 1550. The lowest BCUT2D eigenvalue weighted by atomic mass is 10.0. The van der Waals surface area contributed by atoms with Crippen LogP contribution in [0.4, 0.5) is 0 Å². The fraction of sp³-hybridized carbons (Fsp3) is 0.776. The Morgan fingerprint density at radius 3 is 0.744 bits per heavy atom. The molecule has 0 spiro atoms. The highest BCUT2D eigenvalue weighted by Crippen LogP contribution is 2.18. The van der Waals surface area contributed by atoms with Crippen LogP contribution in [0.2, 0.25) is 0 Å². The van der Waals surface area contributed by atoms with E-state index in [9.17, 15) is 14.4 Å². The molecule has 0 saturated heterocycles. The summed E-state index contributed by atoms with van der Waals surface area (Å²) in [5.41, 5.74) is 0. The van der Waals surface area contributed by atoms with Gasteiger partial charge in [-0.15, -0.1) is 0 Å². The van der Waals surface area contributed by atoms with E-state index in [-0.39, 0.29) is 31.1 Å². The Kier molecular flexibility index (Phi) is 67.2. The zero-order valence-corrected chi connectivity index (χ0v) is 54.5. The number of carbonyl (C=O) groups is 3. The van der Waals surface area contributed by atoms with E-state index < -0.39 is 6.10 Å². The lowest BCUT2D eigenvalue weighted by molar-refractivity contribution is -0.167. The number of esters is 3. The van der Waals surface area contributed by atoms with Crippen molar-refractivity contribution in [2.75, 3.05) is 13.2 Å². The molecule has 1 unspecified atom stereocenters. The zero-order valence-electron chi connectivity index (χ0n) is 54.5. The second-order valence-electron chi connectivity index (χ2n) is 23.8. The van der Waals surface area contributed by atoms with Gasteiger partial charge in [-0.1, -0.05) is 350 Å². The van der Waals surface area contributed by atoms with E-state index in [0.29, 0.717) is 19.3 Å². The number of hydrogen-bond acceptors (Lipinski definition) is 6. The van der Waals surface area contributed by atoms with Crippen LogP contribution in [0.15, 0.2) is 85.1 Å². The number of hydrogen-bond donors (Lipinski definition) is 0. The van der Waals surface area contributed by atoms with Crippen LogP contribution in [-0.2, 0) is 28.6 Å². The Morgan fingerprint density at radius 1 is 0.256 bits per heavy atom. The summed E-state index contributed by atoms with van der Waals surface area (Å²) in [7, 11) is 0. The van der Waals surface area contributed by atoms with Gasteiger partial charge in [-0.05, 0) is 77.0 Å². The van der Waals surface area contributed by atoms with Crippen LogP contribution in [-0.4, -0.2) is 37.2 Å². The number of allylic oxidation sites excluding steroid dienone is 14. The molecule has 0 amide bonds. The molecule has 6 nitrogen and oxygen atoms in total. The Hall–Kier alpha value is -3.41. The highest BCUT2D eigenvalue weighted by molar-refractivity contribution is 5.71. The molecule has 0 fully saturated rings. The summed E-state index contributed by atoms with van der Waals surface area (Å²) in [4.78, 5) is 38.4. The molecule has 0 rings (SSSR count). The van der Waals surface area contributed by atoms with Gasteiger partial charge in [-0.2, -0.15) is 0 Å². The minimum absolute atomic E-state index is 0.0722. The van der Waals surface area contributed by atoms with Gasteiger partial charge < -0.3 is 14.2 Å². The molecule has 0 N–H and O–H groups in total. The first kappa shape index (κ1) is 78.6. The van der Waals surface area contributed by atoms with Crippen molar-refractivity contribution in [3.05, 3.63) is 85.1 Å². The first-order valence-corrected chi connectivity index (χ1v) is 35.6. The SMILES string of the molecule is CC/C=C\C/C=C\C/C=C\C/C=C\C/C=C\C/C=C\C/C=C\CCCCCCCCCCCC(=O)OCC(COC(=O)CCCCCCCCCCCCCC)OC(=O)CCCCCCCCCCCCCCCCCCCCCCC. The van der Waals surface area contributed by atoms with Crippen molar-refractivity contribution in [2.45, 2.75) is 367 Å². The highest BCUT2D eigenvalue weighted by Gasteiger charge is 2.19. The molecule has 0 aromatic carbocycles. The molecule has 0 radical (unpaired) electrons. The quantitative estimate of drug-likeness (QED) is 0.0261. The Morgan fingerprint density at radius 2 is 0.476 bits per heavy atom. The highest BCUT2D eigenvalue weighted by atomic mass is 16.6. The van der Waals surface area contributed by atoms with Crippen molar-refractivity contribution in [1.82, 2.24) is 0 Å². The third kappa shape index (κ3) is 67.4. The summed E-state index contributed by atoms with van der Waals surface area (Å²) in [6.07, 6.45) is 93.2. The molecule has 0 bridgehead atoms. The molecule has 6 heteroatoms. The van der Waals surface area contributed by atoms with Crippen molar-refractivity contribution in [3.63, 3.8) is 0 Å². The summed E-state index contributed by atoms with van der Waals surface area (Å²) in [5.74, 6) is -0.857. The number of rotatable bonds is 65. The van der Waals surface area contributed by atoms with Gasteiger partial charge in [0.2, 0.25) is 0 Å². The van der Waals surface area contributed by atoms with Crippen LogP contribution in [0.1, 0.15) is 361 Å². The van der Waals surface area contributed by atoms with Gasteiger partial charge in [-0.3, -0.25) is 14.4 Å². The average Bonchev–Trinajstić information content (AvgIpc) is 3.47. The Labute approximate surface area is 509 Å². The van der Waals surface area contributed by atoms with Crippen molar-refractivity contribution in [3.8, 4) is 0 Å². The van der Waals surface area contributed by atoms with Crippen LogP contribution < -0.4 is 0 Å². The van der Waals surface area contributed by atoms with E-state index in [4.69, 9.17) is 14.2 Å². The molecule has 0 aliphatic heterocycles. The largest absolute Gasteiger partial charge is 0.462 e. The standard InChI is InChI=1S/C76H134O6/c1-4-7-10-13-16-19-22-25-27-29-31-33-34-35-36-37-38-39-40-41-42-44-45-47-49-51-54-57-60-63-66-69-75(78)81-72-73(71-80-74(77)68-65-62-59-56-53-24-21-18-15-12-9-6-3)82-76(79)70-67-64-61-58-55-52-50-48-46-43-32-30-28-26-23-20-17-14-11-8-5-2/h7,10,16,19,25,27,31,33,35-36,38-39,41-42,73H,4-6,8-9,11-15,17-18,20-24,26,28-30,32,34,37,40,43-72H2,1-3H3/b10-7-,19-16-,27-25-,33-31-,36-35-,39-38-,42-41-. The fourth-order valence-corrected chi connectivity index (χ4v) is 10.4. The maximum atomic E-state index is 12.9. The molecule has 0 saturated carbocycles. The normalized spacial score (nSPS) is 12.6. The van der Waals surface area contributed by atoms with E-state index in [1.165, 1.54) is 212 Å². The maximum absolute atomic E-state index is 12.9. The molecule has 0 aromatic rings. The summed E-state index contributed by atoms with van der Waals surface area (Å²) < 4.78 is 17.0. The summed E-state index contributed by atoms with van der Waals surface area (Å²) >= 11 is 0. The van der Waals surface area contributed by atoms with Crippen LogP contribution in [0.25, 0.3) is 0 Å². The molecule has 82 heavy (non-hydrogen) atoms. The lowest BCUT2D eigenvalue weighted by Crippen LogP contribution is -2.30. The minimum Gasteiger partial charge on any atom is -0.462 e. The predicted octanol–water partition coefficient (Wildman–Crippen LogP) is 24.6. The van der Waals surface area contributed by atoms with E-state index in [2.05, 4.69) is 106 Å². The van der Waals surface area contributed by atoms with E-state index >= 15 is 0 Å². The van der Waals surface area contributed by atoms with E-state index in [1.807, 2.05) is 0 Å². The summed E-state index contributed by atoms with van der Waals surface area (Å²) in [6, 6.07) is 0. The molecular formula is C76H134O6. The minimum atomic E-state index is -0.776. The third-order valence-corrected chi connectivity index (χ3v) is 15.7. The monoisotopic (exact) mass is 1140 g/mol. The van der Waals surface area contributed by atoms with Crippen molar-refractivity contribution >= 4 is 17.9 Å². The van der Waals surface area contributed by atoms with Crippen molar-refractivity contribution in [1.29, 1.82) is 0 Å². The molecule has 474 valence electrons. The third-order valence-electron chi connectivity index (χ3n) is 15.7. The van der Waals surface area contributed by atoms with Crippen molar-refractivity contribution < 1.29 is 28.6 Å². The fourth-order valence-electron chi connectivity index (χ4n) is 10.4. The molecule has 1 atom stereocenters. The number of carbonyl (C=O) groups excluding carboxylic acids is 3. The summed E-state index contributed by atoms with van der Waals surface area (Å²) in [6.45, 7) is 6.57. The molecule has 0 aliphatic rings. The zero-order chi connectivity index (χ0) is 59.2. The van der Waals surface area contributed by atoms with E-state index in [1.54, 1.807) is 0 Å². The predicted molar refractivity (Wildman–Crippen MR) is 358 cm³/mol. The van der Waals surface area contributed by atoms with Gasteiger partial charge in [-0.25, -0.2) is 0 Å². The smallest absolute Gasteiger partial charge is 0.306 e. The first-order chi connectivity index (χ1) is 40.5. The van der Waals surface area contributed by atoms with Crippen LogP contribution >= 0.6 is 0 Å². The average molecular weight is 1140 g/mol. The summed E-state index contributed by atoms with van der Waals surface area (Å²) in [5, 5.41) is 0. The lowest BCUT2D eigenvalue weighted by Gasteiger charge is -2.18. The molecule has 0 aromatic heterocycles. The second-order valence-corrected chi connectivity index (χ2v) is 23.8. The number of ether oxygens (including phenoxy) is 3. The van der Waals surface area contributed by atoms with Crippen LogP contribution in [0.3, 0.4) is 0 Å². The van der Waals surface area contributed by atoms with Crippen LogP contribution in [0.5, 0.6) is 0 Å². The second kappa shape index (κ2) is 70.1. The number of unbranched alkanes of at least 4 members (excludes halogenated alkanes) is 40. The first-order valence-electron chi connectivity index (χ1n) is 35.6. The molecular weight excluding hydrogens is 1010 g/mol. The van der Waals surface area contributed by atoms with Gasteiger partial charge in [0, 0.05) is 19.3 Å². The maximum Gasteiger partial charge on any atom is 0.306 e. The van der Waals surface area contributed by atoms with Gasteiger partial charge in [0.25, 0.3) is 0 Å². The van der Waals surface area contributed by atoms with E-state index in [0.717, 1.165) is 109 Å².